The normalized spacial score (nSPS) is 17.2. The molecule has 1 aliphatic rings. The molecule has 1 unspecified atom stereocenters. The standard InChI is InChI=1S/C17H19ClN2O/c1-11-8-13(10-19-17(11)18)20-16-5-3-4-12-9-14(21-2)6-7-15(12)16/h6-10,16,20H,3-5H2,1-2H3. The molecule has 0 fully saturated rings. The number of nitrogens with one attached hydrogen (secondary N) is 1. The molecule has 0 saturated carbocycles. The van der Waals surface area contributed by atoms with Gasteiger partial charge in [-0.3, -0.25) is 0 Å². The summed E-state index contributed by atoms with van der Waals surface area (Å²) in [7, 11) is 1.71. The van der Waals surface area contributed by atoms with Crippen LogP contribution in [0.2, 0.25) is 5.15 Å². The second kappa shape index (κ2) is 5.94. The number of halogens is 1. The maximum absolute atomic E-state index is 5.99. The highest BCUT2D eigenvalue weighted by Crippen LogP contribution is 2.34. The lowest BCUT2D eigenvalue weighted by molar-refractivity contribution is 0.413. The third-order valence-electron chi connectivity index (χ3n) is 4.02. The smallest absolute Gasteiger partial charge is 0.132 e. The van der Waals surface area contributed by atoms with Crippen LogP contribution in [0.25, 0.3) is 0 Å². The van der Waals surface area contributed by atoms with Gasteiger partial charge in [-0.05, 0) is 61.1 Å². The Labute approximate surface area is 130 Å². The number of hydrogen-bond donors (Lipinski definition) is 1. The first-order valence-corrected chi connectivity index (χ1v) is 7.60. The van der Waals surface area contributed by atoms with Gasteiger partial charge in [0.05, 0.1) is 25.0 Å². The maximum Gasteiger partial charge on any atom is 0.132 e. The van der Waals surface area contributed by atoms with Crippen LogP contribution in [0.1, 0.15) is 35.6 Å². The van der Waals surface area contributed by atoms with E-state index in [9.17, 15) is 0 Å². The molecule has 2 aromatic rings. The number of benzene rings is 1. The number of ether oxygens (including phenoxy) is 1. The molecule has 1 atom stereocenters. The van der Waals surface area contributed by atoms with Gasteiger partial charge in [-0.15, -0.1) is 0 Å². The number of nitrogens with zero attached hydrogens (tertiary/aromatic N) is 1. The van der Waals surface area contributed by atoms with Gasteiger partial charge in [0.2, 0.25) is 0 Å². The van der Waals surface area contributed by atoms with Gasteiger partial charge in [0.25, 0.3) is 0 Å². The Morgan fingerprint density at radius 3 is 2.95 bits per heavy atom. The molecule has 1 N–H and O–H groups in total. The van der Waals surface area contributed by atoms with E-state index in [0.29, 0.717) is 11.2 Å². The Morgan fingerprint density at radius 1 is 1.33 bits per heavy atom. The van der Waals surface area contributed by atoms with Crippen molar-refractivity contribution in [3.05, 3.63) is 52.3 Å². The van der Waals surface area contributed by atoms with Gasteiger partial charge in [-0.25, -0.2) is 4.98 Å². The van der Waals surface area contributed by atoms with Crippen molar-refractivity contribution in [2.75, 3.05) is 12.4 Å². The van der Waals surface area contributed by atoms with Gasteiger partial charge < -0.3 is 10.1 Å². The van der Waals surface area contributed by atoms with E-state index in [4.69, 9.17) is 16.3 Å². The van der Waals surface area contributed by atoms with Crippen molar-refractivity contribution in [1.82, 2.24) is 4.98 Å². The molecule has 0 radical (unpaired) electrons. The van der Waals surface area contributed by atoms with Crippen molar-refractivity contribution in [1.29, 1.82) is 0 Å². The average molecular weight is 303 g/mol. The molecule has 0 saturated heterocycles. The van der Waals surface area contributed by atoms with Crippen LogP contribution in [0.5, 0.6) is 5.75 Å². The molecule has 1 heterocycles. The van der Waals surface area contributed by atoms with Crippen LogP contribution in [0, 0.1) is 6.92 Å². The van der Waals surface area contributed by atoms with Crippen molar-refractivity contribution in [3.63, 3.8) is 0 Å². The summed E-state index contributed by atoms with van der Waals surface area (Å²) in [5.74, 6) is 0.929. The Balaban J connectivity index is 1.86. The summed E-state index contributed by atoms with van der Waals surface area (Å²) in [5.41, 5.74) is 4.74. The number of rotatable bonds is 3. The van der Waals surface area contributed by atoms with Crippen LogP contribution in [0.3, 0.4) is 0 Å². The third-order valence-corrected chi connectivity index (χ3v) is 4.42. The van der Waals surface area contributed by atoms with E-state index in [2.05, 4.69) is 22.4 Å². The molecule has 0 bridgehead atoms. The summed E-state index contributed by atoms with van der Waals surface area (Å²) in [5, 5.41) is 4.14. The van der Waals surface area contributed by atoms with Gasteiger partial charge in [0.1, 0.15) is 10.9 Å². The molecular weight excluding hydrogens is 284 g/mol. The molecular formula is C17H19ClN2O. The Hall–Kier alpha value is -1.74. The van der Waals surface area contributed by atoms with Gasteiger partial charge in [0, 0.05) is 0 Å². The molecule has 0 aliphatic heterocycles. The summed E-state index contributed by atoms with van der Waals surface area (Å²) in [6.45, 7) is 1.97. The van der Waals surface area contributed by atoms with Gasteiger partial charge in [-0.1, -0.05) is 17.7 Å². The molecule has 110 valence electrons. The van der Waals surface area contributed by atoms with E-state index in [-0.39, 0.29) is 0 Å². The summed E-state index contributed by atoms with van der Waals surface area (Å²) < 4.78 is 5.32. The zero-order chi connectivity index (χ0) is 14.8. The van der Waals surface area contributed by atoms with Crippen LogP contribution in [-0.4, -0.2) is 12.1 Å². The monoisotopic (exact) mass is 302 g/mol. The van der Waals surface area contributed by atoms with Crippen LogP contribution < -0.4 is 10.1 Å². The minimum atomic E-state index is 0.321. The SMILES string of the molecule is COc1ccc2c(c1)CCCC2Nc1cnc(Cl)c(C)c1. The molecule has 3 nitrogen and oxygen atoms in total. The number of anilines is 1. The highest BCUT2D eigenvalue weighted by atomic mass is 35.5. The predicted molar refractivity (Wildman–Crippen MR) is 86.3 cm³/mol. The fraction of sp³-hybridized carbons (Fsp3) is 0.353. The van der Waals surface area contributed by atoms with Crippen molar-refractivity contribution >= 4 is 17.3 Å². The van der Waals surface area contributed by atoms with Crippen molar-refractivity contribution < 1.29 is 4.74 Å². The first-order chi connectivity index (χ1) is 10.2. The topological polar surface area (TPSA) is 34.1 Å². The average Bonchev–Trinajstić information content (AvgIpc) is 2.50. The largest absolute Gasteiger partial charge is 0.497 e. The van der Waals surface area contributed by atoms with Crippen LogP contribution in [-0.2, 0) is 6.42 Å². The minimum Gasteiger partial charge on any atom is -0.497 e. The summed E-state index contributed by atoms with van der Waals surface area (Å²) in [6.07, 6.45) is 5.22. The minimum absolute atomic E-state index is 0.321. The van der Waals surface area contributed by atoms with Crippen molar-refractivity contribution in [3.8, 4) is 5.75 Å². The number of methoxy groups -OCH3 is 1. The quantitative estimate of drug-likeness (QED) is 0.845. The summed E-state index contributed by atoms with van der Waals surface area (Å²) in [6, 6.07) is 8.72. The van der Waals surface area contributed by atoms with Crippen LogP contribution >= 0.6 is 11.6 Å². The highest BCUT2D eigenvalue weighted by Gasteiger charge is 2.20. The van der Waals surface area contributed by atoms with Gasteiger partial charge in [0.15, 0.2) is 0 Å². The molecule has 21 heavy (non-hydrogen) atoms. The van der Waals surface area contributed by atoms with E-state index in [0.717, 1.165) is 29.8 Å². The summed E-state index contributed by atoms with van der Waals surface area (Å²) >= 11 is 5.99. The Kier molecular flexibility index (Phi) is 4.02. The molecule has 1 aromatic carbocycles. The highest BCUT2D eigenvalue weighted by molar-refractivity contribution is 6.30. The second-order valence-electron chi connectivity index (χ2n) is 5.49. The maximum atomic E-state index is 5.99. The van der Waals surface area contributed by atoms with E-state index >= 15 is 0 Å². The Morgan fingerprint density at radius 2 is 2.19 bits per heavy atom. The molecule has 3 rings (SSSR count). The Bertz CT molecular complexity index is 657. The lowest BCUT2D eigenvalue weighted by Gasteiger charge is -2.27. The van der Waals surface area contributed by atoms with E-state index in [1.54, 1.807) is 13.3 Å². The van der Waals surface area contributed by atoms with E-state index < -0.39 is 0 Å². The van der Waals surface area contributed by atoms with E-state index in [1.165, 1.54) is 17.5 Å². The van der Waals surface area contributed by atoms with E-state index in [1.807, 2.05) is 19.1 Å². The number of hydrogen-bond acceptors (Lipinski definition) is 3. The third kappa shape index (κ3) is 2.98. The molecule has 1 aliphatic carbocycles. The zero-order valence-electron chi connectivity index (χ0n) is 12.3. The molecule has 0 spiro atoms. The van der Waals surface area contributed by atoms with Gasteiger partial charge in [-0.2, -0.15) is 0 Å². The number of fused-ring (bicyclic) bond motifs is 1. The molecule has 1 aromatic heterocycles. The number of aromatic nitrogens is 1. The zero-order valence-corrected chi connectivity index (χ0v) is 13.1. The first kappa shape index (κ1) is 14.2. The second-order valence-corrected chi connectivity index (χ2v) is 5.84. The first-order valence-electron chi connectivity index (χ1n) is 7.23. The number of pyridine rings is 1. The summed E-state index contributed by atoms with van der Waals surface area (Å²) in [4.78, 5) is 4.21. The molecule has 0 amide bonds. The number of aryl methyl sites for hydroxylation is 2. The van der Waals surface area contributed by atoms with Gasteiger partial charge >= 0.3 is 0 Å². The van der Waals surface area contributed by atoms with Crippen molar-refractivity contribution in [2.24, 2.45) is 0 Å². The fourth-order valence-electron chi connectivity index (χ4n) is 2.91. The predicted octanol–water partition coefficient (Wildman–Crippen LogP) is 4.54. The lowest BCUT2D eigenvalue weighted by Crippen LogP contribution is -2.17. The lowest BCUT2D eigenvalue weighted by atomic mass is 9.87. The van der Waals surface area contributed by atoms with Crippen molar-refractivity contribution in [2.45, 2.75) is 32.2 Å². The van der Waals surface area contributed by atoms with Crippen LogP contribution in [0.4, 0.5) is 5.69 Å². The fourth-order valence-corrected chi connectivity index (χ4v) is 3.01. The van der Waals surface area contributed by atoms with Crippen LogP contribution in [0.15, 0.2) is 30.5 Å². The molecule has 4 heteroatoms.